The molecular formula is C14H18N2O4S. The zero-order valence-corrected chi connectivity index (χ0v) is 12.8. The lowest BCUT2D eigenvalue weighted by atomic mass is 9.98. The van der Waals surface area contributed by atoms with Crippen LogP contribution in [-0.4, -0.2) is 45.5 Å². The number of nitrogens with zero attached hydrogens (tertiary/aromatic N) is 2. The van der Waals surface area contributed by atoms with Crippen LogP contribution in [0.2, 0.25) is 0 Å². The van der Waals surface area contributed by atoms with E-state index in [0.717, 1.165) is 12.2 Å². The van der Waals surface area contributed by atoms with Crippen molar-refractivity contribution in [3.8, 4) is 0 Å². The fraction of sp³-hybridized carbons (Fsp3) is 0.786. The number of fused-ring (bicyclic) bond motifs is 6. The molecule has 3 aliphatic heterocycles. The van der Waals surface area contributed by atoms with Gasteiger partial charge in [0, 0.05) is 24.1 Å². The molecule has 7 heteroatoms. The van der Waals surface area contributed by atoms with Gasteiger partial charge in [-0.2, -0.15) is 0 Å². The Hall–Kier alpha value is -0.600. The summed E-state index contributed by atoms with van der Waals surface area (Å²) in [7, 11) is 0. The number of rotatable bonds is 1. The maximum absolute atomic E-state index is 6.40. The van der Waals surface area contributed by atoms with Gasteiger partial charge in [0.15, 0.2) is 5.79 Å². The molecule has 0 amide bonds. The molecule has 0 spiro atoms. The molecule has 0 unspecified atom stereocenters. The number of thioether (sulfide) groups is 1. The largest absolute Gasteiger partial charge is 0.344 e. The first-order valence-corrected chi connectivity index (χ1v) is 8.39. The van der Waals surface area contributed by atoms with Crippen molar-refractivity contribution in [2.45, 2.75) is 55.7 Å². The molecule has 1 aromatic heterocycles. The molecule has 4 heterocycles. The third-order valence-corrected chi connectivity index (χ3v) is 6.05. The van der Waals surface area contributed by atoms with E-state index in [-0.39, 0.29) is 24.4 Å². The normalized spacial score (nSPS) is 50.1. The van der Waals surface area contributed by atoms with E-state index in [1.165, 1.54) is 0 Å². The lowest BCUT2D eigenvalue weighted by Gasteiger charge is -2.41. The highest BCUT2D eigenvalue weighted by Gasteiger charge is 2.64. The van der Waals surface area contributed by atoms with Gasteiger partial charge in [-0.05, 0) is 20.3 Å². The second kappa shape index (κ2) is 4.02. The van der Waals surface area contributed by atoms with Crippen molar-refractivity contribution in [2.75, 3.05) is 5.75 Å². The molecule has 4 aliphatic rings. The predicted octanol–water partition coefficient (Wildman–Crippen LogP) is 1.52. The Bertz CT molecular complexity index is 565. The summed E-state index contributed by atoms with van der Waals surface area (Å²) >= 11 is 1.69. The maximum Gasteiger partial charge on any atom is 0.310 e. The number of ether oxygens (including phenoxy) is 4. The second-order valence-electron chi connectivity index (χ2n) is 6.58. The summed E-state index contributed by atoms with van der Waals surface area (Å²) in [6.07, 6.45) is 6.66. The van der Waals surface area contributed by atoms with Gasteiger partial charge in [0.2, 0.25) is 0 Å². The van der Waals surface area contributed by atoms with Crippen molar-refractivity contribution >= 4 is 11.8 Å². The van der Waals surface area contributed by atoms with Crippen molar-refractivity contribution in [2.24, 2.45) is 5.92 Å². The highest BCUT2D eigenvalue weighted by atomic mass is 32.2. The molecule has 4 fully saturated rings. The molecule has 1 aliphatic carbocycles. The molecule has 5 rings (SSSR count). The molecule has 3 saturated heterocycles. The van der Waals surface area contributed by atoms with E-state index in [1.807, 2.05) is 24.6 Å². The molecular weight excluding hydrogens is 292 g/mol. The smallest absolute Gasteiger partial charge is 0.310 e. The van der Waals surface area contributed by atoms with Gasteiger partial charge in [0.1, 0.15) is 6.10 Å². The standard InChI is InChI=1S/C14H18N2O4S/c1-13(2)17-9-5-8-10-6-21-14(18-10,16-4-3-15-7-16)20-11(8)12(9)19-13/h3-4,7-12H,5-6H2,1-2H3/t8-,9+,10-,11+,12+,14-/m1/s1. The van der Waals surface area contributed by atoms with Crippen molar-refractivity contribution in [1.29, 1.82) is 0 Å². The molecule has 114 valence electrons. The molecule has 0 N–H and O–H groups in total. The van der Waals surface area contributed by atoms with Gasteiger partial charge in [0.25, 0.3) is 0 Å². The first-order valence-electron chi connectivity index (χ1n) is 7.40. The predicted molar refractivity (Wildman–Crippen MR) is 74.3 cm³/mol. The van der Waals surface area contributed by atoms with Crippen molar-refractivity contribution in [1.82, 2.24) is 9.55 Å². The fourth-order valence-electron chi connectivity index (χ4n) is 4.00. The van der Waals surface area contributed by atoms with Crippen LogP contribution < -0.4 is 0 Å². The van der Waals surface area contributed by atoms with E-state index in [0.29, 0.717) is 5.92 Å². The number of hydrogen-bond donors (Lipinski definition) is 0. The zero-order chi connectivity index (χ0) is 14.2. The van der Waals surface area contributed by atoms with Crippen LogP contribution in [0, 0.1) is 5.92 Å². The van der Waals surface area contributed by atoms with Crippen molar-refractivity contribution in [3.05, 3.63) is 18.7 Å². The van der Waals surface area contributed by atoms with Crippen LogP contribution in [-0.2, 0) is 24.2 Å². The topological polar surface area (TPSA) is 54.7 Å². The summed E-state index contributed by atoms with van der Waals surface area (Å²) in [6.45, 7) is 3.93. The van der Waals surface area contributed by atoms with E-state index >= 15 is 0 Å². The average Bonchev–Trinajstić information content (AvgIpc) is 3.14. The van der Waals surface area contributed by atoms with Crippen LogP contribution in [0.4, 0.5) is 0 Å². The summed E-state index contributed by atoms with van der Waals surface area (Å²) in [4.78, 5) is 4.12. The Balaban J connectivity index is 1.49. The number of imidazole rings is 1. The molecule has 6 nitrogen and oxygen atoms in total. The molecule has 2 bridgehead atoms. The summed E-state index contributed by atoms with van der Waals surface area (Å²) in [5.74, 6) is 0.765. The van der Waals surface area contributed by atoms with Crippen LogP contribution in [0.25, 0.3) is 0 Å². The minimum absolute atomic E-state index is 0.00186. The molecule has 6 atom stereocenters. The molecule has 1 aromatic rings. The summed E-state index contributed by atoms with van der Waals surface area (Å²) in [5, 5.41) is -0.784. The second-order valence-corrected chi connectivity index (χ2v) is 7.72. The van der Waals surface area contributed by atoms with E-state index in [1.54, 1.807) is 24.3 Å². The highest BCUT2D eigenvalue weighted by Crippen LogP contribution is 2.56. The van der Waals surface area contributed by atoms with Gasteiger partial charge >= 0.3 is 5.24 Å². The Morgan fingerprint density at radius 2 is 2.05 bits per heavy atom. The van der Waals surface area contributed by atoms with E-state index in [4.69, 9.17) is 18.9 Å². The minimum Gasteiger partial charge on any atom is -0.344 e. The first-order chi connectivity index (χ1) is 10.1. The molecule has 1 saturated carbocycles. The molecule has 21 heavy (non-hydrogen) atoms. The summed E-state index contributed by atoms with van der Waals surface area (Å²) in [6, 6.07) is 0. The third-order valence-electron chi connectivity index (χ3n) is 4.79. The van der Waals surface area contributed by atoms with Crippen molar-refractivity contribution < 1.29 is 18.9 Å². The van der Waals surface area contributed by atoms with Gasteiger partial charge in [-0.15, -0.1) is 0 Å². The zero-order valence-electron chi connectivity index (χ0n) is 12.0. The van der Waals surface area contributed by atoms with Crippen LogP contribution in [0.1, 0.15) is 20.3 Å². The Morgan fingerprint density at radius 3 is 2.86 bits per heavy atom. The highest BCUT2D eigenvalue weighted by molar-refractivity contribution is 7.99. The van der Waals surface area contributed by atoms with Crippen molar-refractivity contribution in [3.63, 3.8) is 0 Å². The van der Waals surface area contributed by atoms with E-state index in [9.17, 15) is 0 Å². The van der Waals surface area contributed by atoms with Crippen LogP contribution in [0.5, 0.6) is 0 Å². The number of hydrogen-bond acceptors (Lipinski definition) is 6. The van der Waals surface area contributed by atoms with Gasteiger partial charge in [-0.25, -0.2) is 4.98 Å². The summed E-state index contributed by atoms with van der Waals surface area (Å²) in [5.41, 5.74) is 0. The van der Waals surface area contributed by atoms with Crippen LogP contribution in [0.3, 0.4) is 0 Å². The van der Waals surface area contributed by atoms with Gasteiger partial charge in [-0.3, -0.25) is 4.57 Å². The lowest BCUT2D eigenvalue weighted by molar-refractivity contribution is -0.325. The summed E-state index contributed by atoms with van der Waals surface area (Å²) < 4.78 is 26.6. The maximum atomic E-state index is 6.40. The van der Waals surface area contributed by atoms with Gasteiger partial charge < -0.3 is 18.9 Å². The van der Waals surface area contributed by atoms with Gasteiger partial charge in [-0.1, -0.05) is 11.8 Å². The Kier molecular flexibility index (Phi) is 2.47. The lowest BCUT2D eigenvalue weighted by Crippen LogP contribution is -2.50. The average molecular weight is 310 g/mol. The quantitative estimate of drug-likeness (QED) is 0.784. The molecule has 0 radical (unpaired) electrons. The third kappa shape index (κ3) is 1.72. The Morgan fingerprint density at radius 1 is 1.14 bits per heavy atom. The van der Waals surface area contributed by atoms with Gasteiger partial charge in [0.05, 0.1) is 24.6 Å². The number of aromatic nitrogens is 2. The van der Waals surface area contributed by atoms with Crippen LogP contribution >= 0.6 is 11.8 Å². The SMILES string of the molecule is CC1(C)O[C@@H]2[C@H]3O[C@@]4(n5ccnc5)O[C@H](CS4)[C@H]3C[C@@H]2O1. The Labute approximate surface area is 127 Å². The first kappa shape index (κ1) is 12.9. The van der Waals surface area contributed by atoms with E-state index in [2.05, 4.69) is 4.98 Å². The van der Waals surface area contributed by atoms with Crippen LogP contribution in [0.15, 0.2) is 18.7 Å². The van der Waals surface area contributed by atoms with E-state index < -0.39 is 11.0 Å². The molecule has 0 aromatic carbocycles. The monoisotopic (exact) mass is 310 g/mol. The fourth-order valence-corrected chi connectivity index (χ4v) is 5.31. The minimum atomic E-state index is -0.784.